The highest BCUT2D eigenvalue weighted by Crippen LogP contribution is 2.19. The van der Waals surface area contributed by atoms with Gasteiger partial charge in [0, 0.05) is 32.6 Å². The Morgan fingerprint density at radius 3 is 2.30 bits per heavy atom. The van der Waals surface area contributed by atoms with Gasteiger partial charge in [-0.15, -0.1) is 0 Å². The van der Waals surface area contributed by atoms with E-state index in [1.165, 1.54) is 4.31 Å². The summed E-state index contributed by atoms with van der Waals surface area (Å²) in [7, 11) is -3.54. The van der Waals surface area contributed by atoms with Gasteiger partial charge in [0.1, 0.15) is 0 Å². The van der Waals surface area contributed by atoms with Gasteiger partial charge in [-0.2, -0.15) is 4.31 Å². The van der Waals surface area contributed by atoms with E-state index >= 15 is 0 Å². The number of sulfonamides is 1. The minimum absolute atomic E-state index is 0.216. The first-order chi connectivity index (χ1) is 13.0. The third kappa shape index (κ3) is 4.76. The molecular weight excluding hydrogens is 360 g/mol. The van der Waals surface area contributed by atoms with Crippen molar-refractivity contribution in [3.63, 3.8) is 0 Å². The van der Waals surface area contributed by atoms with Crippen molar-refractivity contribution in [2.75, 3.05) is 19.6 Å². The molecule has 5 nitrogen and oxygen atoms in total. The molecule has 0 atom stereocenters. The van der Waals surface area contributed by atoms with Gasteiger partial charge in [-0.05, 0) is 36.1 Å². The molecule has 0 aliphatic carbocycles. The Kier molecular flexibility index (Phi) is 6.29. The lowest BCUT2D eigenvalue weighted by atomic mass is 10.1. The van der Waals surface area contributed by atoms with E-state index in [-0.39, 0.29) is 5.91 Å². The molecular formula is C21H26N2O3S. The topological polar surface area (TPSA) is 57.7 Å². The van der Waals surface area contributed by atoms with Crippen LogP contribution in [0.25, 0.3) is 0 Å². The van der Waals surface area contributed by atoms with E-state index in [9.17, 15) is 13.2 Å². The predicted molar refractivity (Wildman–Crippen MR) is 106 cm³/mol. The first-order valence-electron chi connectivity index (χ1n) is 9.41. The van der Waals surface area contributed by atoms with Crippen molar-refractivity contribution in [1.82, 2.24) is 9.21 Å². The van der Waals surface area contributed by atoms with Crippen molar-refractivity contribution in [2.24, 2.45) is 0 Å². The highest BCUT2D eigenvalue weighted by Gasteiger charge is 2.23. The van der Waals surface area contributed by atoms with Gasteiger partial charge in [0.15, 0.2) is 0 Å². The zero-order valence-electron chi connectivity index (χ0n) is 15.7. The first kappa shape index (κ1) is 19.6. The average Bonchev–Trinajstić information content (AvgIpc) is 3.10. The van der Waals surface area contributed by atoms with E-state index < -0.39 is 10.0 Å². The van der Waals surface area contributed by atoms with Gasteiger partial charge >= 0.3 is 0 Å². The maximum absolute atomic E-state index is 13.0. The minimum Gasteiger partial charge on any atom is -0.342 e. The Morgan fingerprint density at radius 2 is 1.70 bits per heavy atom. The second-order valence-electron chi connectivity index (χ2n) is 6.80. The number of rotatable bonds is 8. The van der Waals surface area contributed by atoms with Crippen LogP contribution >= 0.6 is 0 Å². The second-order valence-corrected chi connectivity index (χ2v) is 8.73. The average molecular weight is 387 g/mol. The summed E-state index contributed by atoms with van der Waals surface area (Å²) in [5.74, 6) is 0.216. The number of likely N-dealkylation sites (tertiary alicyclic amines) is 1. The number of hydrogen-bond acceptors (Lipinski definition) is 3. The molecule has 3 rings (SSSR count). The van der Waals surface area contributed by atoms with Gasteiger partial charge in [-0.1, -0.05) is 49.4 Å². The fraction of sp³-hybridized carbons (Fsp3) is 0.381. The van der Waals surface area contributed by atoms with Crippen LogP contribution in [0.4, 0.5) is 0 Å². The number of carbonyl (C=O) groups excluding carboxylic acids is 1. The molecule has 2 aromatic rings. The van der Waals surface area contributed by atoms with Crippen LogP contribution in [0.15, 0.2) is 59.5 Å². The number of hydrogen-bond donors (Lipinski definition) is 0. The molecule has 0 saturated carbocycles. The summed E-state index contributed by atoms with van der Waals surface area (Å²) in [5.41, 5.74) is 2.01. The number of nitrogens with zero attached hydrogens (tertiary/aromatic N) is 2. The van der Waals surface area contributed by atoms with E-state index in [1.54, 1.807) is 12.1 Å². The standard InChI is InChI=1S/C21H26N2O3S/c1-2-23(17-19-7-4-3-5-8-19)27(25,26)20-12-10-18(11-13-20)14-16-22-15-6-9-21(22)24/h3-5,7-8,10-13H,2,6,9,14-17H2,1H3. The molecule has 144 valence electrons. The molecule has 6 heteroatoms. The van der Waals surface area contributed by atoms with Gasteiger partial charge in [0.2, 0.25) is 15.9 Å². The lowest BCUT2D eigenvalue weighted by Crippen LogP contribution is -2.30. The normalized spacial score (nSPS) is 14.9. The lowest BCUT2D eigenvalue weighted by Gasteiger charge is -2.21. The number of amides is 1. The molecule has 2 aromatic carbocycles. The monoisotopic (exact) mass is 386 g/mol. The van der Waals surface area contributed by atoms with E-state index in [0.717, 1.165) is 30.5 Å². The molecule has 0 N–H and O–H groups in total. The van der Waals surface area contributed by atoms with Crippen LogP contribution in [0, 0.1) is 0 Å². The van der Waals surface area contributed by atoms with Crippen molar-refractivity contribution in [3.05, 3.63) is 65.7 Å². The Morgan fingerprint density at radius 1 is 1.00 bits per heavy atom. The smallest absolute Gasteiger partial charge is 0.243 e. The third-order valence-corrected chi connectivity index (χ3v) is 6.89. The van der Waals surface area contributed by atoms with Gasteiger partial charge < -0.3 is 4.90 Å². The molecule has 27 heavy (non-hydrogen) atoms. The van der Waals surface area contributed by atoms with Crippen LogP contribution in [0.3, 0.4) is 0 Å². The summed E-state index contributed by atoms with van der Waals surface area (Å²) in [6, 6.07) is 16.7. The molecule has 0 unspecified atom stereocenters. The van der Waals surface area contributed by atoms with Crippen molar-refractivity contribution >= 4 is 15.9 Å². The summed E-state index contributed by atoms with van der Waals surface area (Å²) in [6.45, 7) is 4.15. The van der Waals surface area contributed by atoms with Gasteiger partial charge in [0.25, 0.3) is 0 Å². The molecule has 0 radical (unpaired) electrons. The predicted octanol–water partition coefficient (Wildman–Crippen LogP) is 3.06. The molecule has 0 bridgehead atoms. The molecule has 1 fully saturated rings. The van der Waals surface area contributed by atoms with Crippen molar-refractivity contribution in [3.8, 4) is 0 Å². The third-order valence-electron chi connectivity index (χ3n) is 4.96. The van der Waals surface area contributed by atoms with Crippen LogP contribution in [0.5, 0.6) is 0 Å². The summed E-state index contributed by atoms with van der Waals surface area (Å²) < 4.78 is 27.4. The number of carbonyl (C=O) groups is 1. The van der Waals surface area contributed by atoms with Crippen LogP contribution in [-0.4, -0.2) is 43.2 Å². The lowest BCUT2D eigenvalue weighted by molar-refractivity contribution is -0.127. The Labute approximate surface area is 161 Å². The van der Waals surface area contributed by atoms with E-state index in [2.05, 4.69) is 0 Å². The zero-order valence-corrected chi connectivity index (χ0v) is 16.5. The summed E-state index contributed by atoms with van der Waals surface area (Å²) in [5, 5.41) is 0. The molecule has 1 aliphatic rings. The van der Waals surface area contributed by atoms with Crippen LogP contribution in [-0.2, 0) is 27.8 Å². The van der Waals surface area contributed by atoms with Crippen LogP contribution < -0.4 is 0 Å². The van der Waals surface area contributed by atoms with Crippen LogP contribution in [0.1, 0.15) is 30.9 Å². The van der Waals surface area contributed by atoms with Crippen LogP contribution in [0.2, 0.25) is 0 Å². The van der Waals surface area contributed by atoms with Crippen molar-refractivity contribution in [1.29, 1.82) is 0 Å². The fourth-order valence-corrected chi connectivity index (χ4v) is 4.77. The summed E-state index contributed by atoms with van der Waals surface area (Å²) >= 11 is 0. The Balaban J connectivity index is 1.67. The zero-order chi connectivity index (χ0) is 19.3. The Bertz CT molecular complexity index is 864. The van der Waals surface area contributed by atoms with E-state index in [0.29, 0.717) is 31.0 Å². The molecule has 1 saturated heterocycles. The molecule has 0 aromatic heterocycles. The molecule has 1 heterocycles. The largest absolute Gasteiger partial charge is 0.342 e. The summed E-state index contributed by atoms with van der Waals surface area (Å²) in [4.78, 5) is 13.9. The minimum atomic E-state index is -3.54. The summed E-state index contributed by atoms with van der Waals surface area (Å²) in [6.07, 6.45) is 2.32. The first-order valence-corrected chi connectivity index (χ1v) is 10.9. The van der Waals surface area contributed by atoms with Gasteiger partial charge in [-0.25, -0.2) is 8.42 Å². The van der Waals surface area contributed by atoms with E-state index in [4.69, 9.17) is 0 Å². The van der Waals surface area contributed by atoms with Gasteiger partial charge in [0.05, 0.1) is 4.90 Å². The number of benzene rings is 2. The van der Waals surface area contributed by atoms with Gasteiger partial charge in [-0.3, -0.25) is 4.79 Å². The molecule has 1 amide bonds. The fourth-order valence-electron chi connectivity index (χ4n) is 3.34. The second kappa shape index (κ2) is 8.67. The maximum Gasteiger partial charge on any atom is 0.243 e. The quantitative estimate of drug-likeness (QED) is 0.701. The Hall–Kier alpha value is -2.18. The van der Waals surface area contributed by atoms with E-state index in [1.807, 2.05) is 54.3 Å². The molecule has 0 spiro atoms. The van der Waals surface area contributed by atoms with Crippen molar-refractivity contribution in [2.45, 2.75) is 37.6 Å². The highest BCUT2D eigenvalue weighted by atomic mass is 32.2. The van der Waals surface area contributed by atoms with Crippen molar-refractivity contribution < 1.29 is 13.2 Å². The SMILES string of the molecule is CCN(Cc1ccccc1)S(=O)(=O)c1ccc(CCN2CCCC2=O)cc1. The maximum atomic E-state index is 13.0. The highest BCUT2D eigenvalue weighted by molar-refractivity contribution is 7.89. The molecule has 1 aliphatic heterocycles.